The van der Waals surface area contributed by atoms with Crippen LogP contribution in [0.1, 0.15) is 74.4 Å². The lowest BCUT2D eigenvalue weighted by atomic mass is 9.70. The predicted molar refractivity (Wildman–Crippen MR) is 242 cm³/mol. The molecular formula is C54H46N4. The zero-order chi connectivity index (χ0) is 38.8. The van der Waals surface area contributed by atoms with Gasteiger partial charge in [-0.1, -0.05) is 154 Å². The van der Waals surface area contributed by atoms with E-state index in [-0.39, 0.29) is 11.3 Å². The second-order valence-electron chi connectivity index (χ2n) is 16.7. The van der Waals surface area contributed by atoms with Gasteiger partial charge in [0, 0.05) is 44.8 Å². The summed E-state index contributed by atoms with van der Waals surface area (Å²) in [4.78, 5) is 13.5. The molecule has 3 heterocycles. The van der Waals surface area contributed by atoms with Crippen molar-refractivity contribution in [3.05, 3.63) is 204 Å². The maximum Gasteiger partial charge on any atom is 0.235 e. The van der Waals surface area contributed by atoms with E-state index in [1.54, 1.807) is 0 Å². The summed E-state index contributed by atoms with van der Waals surface area (Å²) in [5.41, 5.74) is 16.9. The van der Waals surface area contributed by atoms with Crippen molar-refractivity contribution in [2.24, 2.45) is 11.3 Å². The summed E-state index contributed by atoms with van der Waals surface area (Å²) in [6.45, 7) is 4.67. The highest BCUT2D eigenvalue weighted by molar-refractivity contribution is 6.09. The Labute approximate surface area is 341 Å². The molecule has 0 bridgehead atoms. The first-order chi connectivity index (χ1) is 28.5. The Balaban J connectivity index is 1.14. The predicted octanol–water partition coefficient (Wildman–Crippen LogP) is 13.7. The number of aromatic nitrogens is 3. The van der Waals surface area contributed by atoms with E-state index in [1.165, 1.54) is 61.3 Å². The standard InChI is InChI=1S/C54H46N4/c1-36-17-6-7-23-42(36)47-34-46(37-18-4-3-5-19-37)55-53(56-47)58-49-28-12-9-25-44(49)51-43-24-8-11-27-48(43)57(52(51)45-26-10-13-29-50(45)58)41-22-16-20-38(33-41)39-30-31-40-21-14-15-32-54(40,2)35-39/h3-11,13-16,18,20-27,29-34,36-37H,12,17,19,28,35H2,1-2H3/t36?,37?,54-/m0/s1. The van der Waals surface area contributed by atoms with Gasteiger partial charge in [-0.15, -0.1) is 0 Å². The van der Waals surface area contributed by atoms with Gasteiger partial charge in [-0.2, -0.15) is 0 Å². The second-order valence-corrected chi connectivity index (χ2v) is 16.7. The highest BCUT2D eigenvalue weighted by Crippen LogP contribution is 2.52. The summed E-state index contributed by atoms with van der Waals surface area (Å²) in [5.74, 6) is 1.31. The van der Waals surface area contributed by atoms with Crippen molar-refractivity contribution in [3.63, 3.8) is 0 Å². The Kier molecular flexibility index (Phi) is 8.28. The van der Waals surface area contributed by atoms with Gasteiger partial charge in [0.2, 0.25) is 5.95 Å². The van der Waals surface area contributed by atoms with Crippen molar-refractivity contribution in [1.82, 2.24) is 14.5 Å². The van der Waals surface area contributed by atoms with Crippen LogP contribution < -0.4 is 4.90 Å². The van der Waals surface area contributed by atoms with Crippen LogP contribution in [0.15, 0.2) is 181 Å². The third-order valence-electron chi connectivity index (χ3n) is 13.0. The molecule has 6 aliphatic rings. The number of para-hydroxylation sites is 2. The molecule has 0 saturated heterocycles. The van der Waals surface area contributed by atoms with Gasteiger partial charge >= 0.3 is 0 Å². The third kappa shape index (κ3) is 5.65. The third-order valence-corrected chi connectivity index (χ3v) is 13.0. The molecule has 0 fully saturated rings. The summed E-state index contributed by atoms with van der Waals surface area (Å²) in [7, 11) is 0. The molecule has 58 heavy (non-hydrogen) atoms. The summed E-state index contributed by atoms with van der Waals surface area (Å²) in [6, 6.07) is 29.3. The molecule has 5 aliphatic carbocycles. The minimum absolute atomic E-state index is 0.00383. The van der Waals surface area contributed by atoms with E-state index in [1.807, 2.05) is 0 Å². The first-order valence-electron chi connectivity index (χ1n) is 20.9. The van der Waals surface area contributed by atoms with E-state index in [2.05, 4.69) is 193 Å². The number of hydrogen-bond donors (Lipinski definition) is 0. The molecule has 3 aromatic carbocycles. The van der Waals surface area contributed by atoms with Gasteiger partial charge in [0.15, 0.2) is 0 Å². The molecule has 3 atom stereocenters. The molecule has 4 nitrogen and oxygen atoms in total. The normalized spacial score (nSPS) is 22.9. The summed E-state index contributed by atoms with van der Waals surface area (Å²) in [5, 5.41) is 1.25. The highest BCUT2D eigenvalue weighted by Gasteiger charge is 2.35. The van der Waals surface area contributed by atoms with Gasteiger partial charge in [0.05, 0.1) is 28.3 Å². The van der Waals surface area contributed by atoms with Crippen molar-refractivity contribution in [1.29, 1.82) is 0 Å². The van der Waals surface area contributed by atoms with Crippen molar-refractivity contribution < 1.29 is 0 Å². The molecule has 0 radical (unpaired) electrons. The highest BCUT2D eigenvalue weighted by atomic mass is 15.3. The summed E-state index contributed by atoms with van der Waals surface area (Å²) < 4.78 is 2.52. The molecule has 4 heteroatoms. The van der Waals surface area contributed by atoms with Gasteiger partial charge < -0.3 is 4.57 Å². The molecule has 1 aliphatic heterocycles. The lowest BCUT2D eigenvalue weighted by Gasteiger charge is -2.33. The van der Waals surface area contributed by atoms with Crippen LogP contribution in [0.3, 0.4) is 0 Å². The topological polar surface area (TPSA) is 34.0 Å². The Bertz CT molecular complexity index is 2860. The number of hydrogen-bond acceptors (Lipinski definition) is 3. The van der Waals surface area contributed by atoms with Gasteiger partial charge in [0.1, 0.15) is 0 Å². The Morgan fingerprint density at radius 2 is 1.67 bits per heavy atom. The largest absolute Gasteiger partial charge is 0.309 e. The van der Waals surface area contributed by atoms with E-state index >= 15 is 0 Å². The zero-order valence-electron chi connectivity index (χ0n) is 33.1. The van der Waals surface area contributed by atoms with Crippen LogP contribution in [0.4, 0.5) is 11.6 Å². The van der Waals surface area contributed by atoms with Crippen LogP contribution in [0.5, 0.6) is 0 Å². The lowest BCUT2D eigenvalue weighted by molar-refractivity contribution is 0.535. The van der Waals surface area contributed by atoms with E-state index in [0.717, 1.165) is 60.8 Å². The molecule has 0 spiro atoms. The Morgan fingerprint density at radius 1 is 0.776 bits per heavy atom. The smallest absolute Gasteiger partial charge is 0.235 e. The van der Waals surface area contributed by atoms with E-state index < -0.39 is 0 Å². The number of rotatable bonds is 5. The molecule has 11 rings (SSSR count). The van der Waals surface area contributed by atoms with Crippen molar-refractivity contribution in [2.45, 2.75) is 51.9 Å². The molecule has 2 unspecified atom stereocenters. The maximum atomic E-state index is 5.53. The molecule has 282 valence electrons. The molecular weight excluding hydrogens is 705 g/mol. The van der Waals surface area contributed by atoms with Crippen LogP contribution >= 0.6 is 0 Å². The first-order valence-corrected chi connectivity index (χ1v) is 20.9. The fourth-order valence-electron chi connectivity index (χ4n) is 9.97. The second kappa shape index (κ2) is 13.8. The molecule has 0 saturated carbocycles. The number of allylic oxidation sites excluding steroid dienone is 20. The van der Waals surface area contributed by atoms with Crippen LogP contribution in [-0.2, 0) is 0 Å². The van der Waals surface area contributed by atoms with Crippen LogP contribution in [0, 0.1) is 11.3 Å². The van der Waals surface area contributed by atoms with Crippen molar-refractivity contribution >= 4 is 39.3 Å². The van der Waals surface area contributed by atoms with E-state index in [9.17, 15) is 0 Å². The zero-order valence-corrected chi connectivity index (χ0v) is 33.1. The van der Waals surface area contributed by atoms with Crippen molar-refractivity contribution in [2.75, 3.05) is 4.90 Å². The fraction of sp³-hybridized carbons (Fsp3) is 0.185. The van der Waals surface area contributed by atoms with Crippen molar-refractivity contribution in [3.8, 4) is 16.9 Å². The number of anilines is 2. The summed E-state index contributed by atoms with van der Waals surface area (Å²) in [6.07, 6.45) is 38.6. The average molecular weight is 751 g/mol. The van der Waals surface area contributed by atoms with E-state index in [4.69, 9.17) is 9.97 Å². The summed E-state index contributed by atoms with van der Waals surface area (Å²) >= 11 is 0. The van der Waals surface area contributed by atoms with Crippen LogP contribution in [0.25, 0.3) is 44.6 Å². The number of benzene rings is 3. The molecule has 2 aromatic heterocycles. The Hall–Kier alpha value is -6.52. The number of nitrogens with zero attached hydrogens (tertiary/aromatic N) is 4. The SMILES string of the molecule is CC1CC=CC=C1c1cc(C2C=CC=CC2)nc(N2C3=C(C=CCC3)c3c(n(-c4cccc(C5=CC=C6C=CC=C[C@@]6(C)C5)c4)c4ccccc34)-c3ccccc32)n1. The quantitative estimate of drug-likeness (QED) is 0.179. The average Bonchev–Trinajstić information content (AvgIpc) is 3.55. The molecule has 0 N–H and O–H groups in total. The first kappa shape index (κ1) is 34.7. The van der Waals surface area contributed by atoms with E-state index in [0.29, 0.717) is 5.92 Å². The fourth-order valence-corrected chi connectivity index (χ4v) is 9.97. The molecule has 0 amide bonds. The van der Waals surface area contributed by atoms with Gasteiger partial charge in [-0.3, -0.25) is 4.90 Å². The number of fused-ring (bicyclic) bond motifs is 7. The molecule has 5 aromatic rings. The van der Waals surface area contributed by atoms with Gasteiger partial charge in [-0.05, 0) is 90.6 Å². The van der Waals surface area contributed by atoms with Gasteiger partial charge in [0.25, 0.3) is 0 Å². The monoisotopic (exact) mass is 750 g/mol. The Morgan fingerprint density at radius 3 is 2.59 bits per heavy atom. The van der Waals surface area contributed by atoms with Crippen LogP contribution in [-0.4, -0.2) is 14.5 Å². The van der Waals surface area contributed by atoms with Gasteiger partial charge in [-0.25, -0.2) is 9.97 Å². The maximum absolute atomic E-state index is 5.53. The lowest BCUT2D eigenvalue weighted by Crippen LogP contribution is -2.22. The minimum Gasteiger partial charge on any atom is -0.309 e. The van der Waals surface area contributed by atoms with Crippen LogP contribution in [0.2, 0.25) is 0 Å². The minimum atomic E-state index is -0.00383.